The van der Waals surface area contributed by atoms with Crippen LogP contribution in [0.2, 0.25) is 10.0 Å². The molecule has 3 atom stereocenters. The van der Waals surface area contributed by atoms with Gasteiger partial charge < -0.3 is 22.1 Å². The second-order valence-corrected chi connectivity index (χ2v) is 12.3. The van der Waals surface area contributed by atoms with Gasteiger partial charge in [-0.1, -0.05) is 85.6 Å². The molecule has 6 N–H and O–H groups in total. The van der Waals surface area contributed by atoms with Crippen molar-refractivity contribution in [3.63, 3.8) is 0 Å². The number of hydrogen-bond donors (Lipinski definition) is 3. The summed E-state index contributed by atoms with van der Waals surface area (Å²) in [6, 6.07) is 20.2. The summed E-state index contributed by atoms with van der Waals surface area (Å²) in [6.07, 6.45) is 2.69. The molecule has 0 spiro atoms. The third-order valence-corrected chi connectivity index (χ3v) is 8.55. The minimum Gasteiger partial charge on any atom is -0.370 e. The van der Waals surface area contributed by atoms with Crippen LogP contribution in [0.25, 0.3) is 10.8 Å². The molecule has 220 valence electrons. The third-order valence-electron chi connectivity index (χ3n) is 7.96. The summed E-state index contributed by atoms with van der Waals surface area (Å²) in [5.41, 5.74) is 19.8. The first kappa shape index (κ1) is 31.1. The predicted molar refractivity (Wildman–Crippen MR) is 171 cm³/mol. The van der Waals surface area contributed by atoms with E-state index < -0.39 is 0 Å². The summed E-state index contributed by atoms with van der Waals surface area (Å²) in [5.74, 6) is 0.548. The number of carbonyl (C=O) groups excluding carboxylic acids is 1. The second-order valence-electron chi connectivity index (χ2n) is 11.5. The van der Waals surface area contributed by atoms with E-state index in [1.807, 2.05) is 24.3 Å². The van der Waals surface area contributed by atoms with Gasteiger partial charge in [-0.2, -0.15) is 0 Å². The Morgan fingerprint density at radius 3 is 2.49 bits per heavy atom. The molecular formula is C32H42Cl2N6O. The zero-order chi connectivity index (χ0) is 29.5. The van der Waals surface area contributed by atoms with Crippen LogP contribution in [0, 0.1) is 5.92 Å². The Morgan fingerprint density at radius 2 is 1.78 bits per heavy atom. The largest absolute Gasteiger partial charge is 0.370 e. The number of rotatable bonds is 11. The summed E-state index contributed by atoms with van der Waals surface area (Å²) in [7, 11) is 0. The van der Waals surface area contributed by atoms with E-state index in [9.17, 15) is 4.79 Å². The first-order valence-corrected chi connectivity index (χ1v) is 15.1. The molecule has 0 aromatic heterocycles. The SMILES string of the molecule is CC(C)[C@@H]1CN(C[C@@H](N)Cc2ccc(Cl)cc2Cl)[C@@H](CCCN=C(N)N)CN1C(=O)Cc1ccc2ccccc2c1. The Morgan fingerprint density at radius 1 is 1.02 bits per heavy atom. The van der Waals surface area contributed by atoms with Gasteiger partial charge in [0.25, 0.3) is 0 Å². The molecule has 1 amide bonds. The number of aliphatic imine (C=N–C) groups is 1. The van der Waals surface area contributed by atoms with Crippen LogP contribution in [0.1, 0.15) is 37.8 Å². The maximum absolute atomic E-state index is 13.8. The van der Waals surface area contributed by atoms with Crippen molar-refractivity contribution in [2.24, 2.45) is 28.1 Å². The van der Waals surface area contributed by atoms with E-state index in [-0.39, 0.29) is 30.0 Å². The fourth-order valence-corrected chi connectivity index (χ4v) is 6.30. The number of halogens is 2. The highest BCUT2D eigenvalue weighted by molar-refractivity contribution is 6.35. The molecule has 1 aliphatic rings. The lowest BCUT2D eigenvalue weighted by molar-refractivity contribution is -0.139. The highest BCUT2D eigenvalue weighted by atomic mass is 35.5. The number of guanidine groups is 1. The van der Waals surface area contributed by atoms with Crippen molar-refractivity contribution in [3.8, 4) is 0 Å². The monoisotopic (exact) mass is 596 g/mol. The average molecular weight is 598 g/mol. The number of piperazine rings is 1. The molecule has 1 heterocycles. The molecule has 4 rings (SSSR count). The Hall–Kier alpha value is -2.84. The van der Waals surface area contributed by atoms with Gasteiger partial charge in [-0.25, -0.2) is 0 Å². The molecule has 3 aromatic rings. The minimum absolute atomic E-state index is 0.0863. The van der Waals surface area contributed by atoms with Gasteiger partial charge in [0.15, 0.2) is 5.96 Å². The molecule has 3 aromatic carbocycles. The first-order chi connectivity index (χ1) is 19.6. The number of amides is 1. The standard InChI is InChI=1S/C32H42Cl2N6O/c1-21(2)30-20-39(18-27(35)16-25-11-12-26(33)17-29(25)34)28(8-5-13-38-32(36)37)19-40(30)31(41)15-22-9-10-23-6-3-4-7-24(23)14-22/h3-4,6-7,9-12,14,17,21,27-28,30H,5,8,13,15-16,18-20,35H2,1-2H3,(H4,36,37,38)/t27-,28-,30-/m0/s1. The van der Waals surface area contributed by atoms with E-state index >= 15 is 0 Å². The van der Waals surface area contributed by atoms with E-state index in [1.54, 1.807) is 6.07 Å². The van der Waals surface area contributed by atoms with Crippen LogP contribution in [0.5, 0.6) is 0 Å². The first-order valence-electron chi connectivity index (χ1n) is 14.4. The molecule has 1 fully saturated rings. The van der Waals surface area contributed by atoms with Crippen molar-refractivity contribution in [3.05, 3.63) is 81.8 Å². The number of fused-ring (bicyclic) bond motifs is 1. The van der Waals surface area contributed by atoms with Crippen LogP contribution in [0.4, 0.5) is 0 Å². The van der Waals surface area contributed by atoms with Gasteiger partial charge in [0, 0.05) is 54.3 Å². The molecule has 0 saturated carbocycles. The Bertz CT molecular complexity index is 1360. The van der Waals surface area contributed by atoms with Crippen LogP contribution in [0.3, 0.4) is 0 Å². The molecule has 41 heavy (non-hydrogen) atoms. The third kappa shape index (κ3) is 8.58. The molecule has 0 aliphatic carbocycles. The van der Waals surface area contributed by atoms with Crippen LogP contribution in [-0.4, -0.2) is 66.0 Å². The van der Waals surface area contributed by atoms with Crippen molar-refractivity contribution in [2.75, 3.05) is 26.2 Å². The lowest BCUT2D eigenvalue weighted by Crippen LogP contribution is -2.63. The molecule has 0 unspecified atom stereocenters. The van der Waals surface area contributed by atoms with Gasteiger partial charge in [-0.15, -0.1) is 0 Å². The number of nitrogens with zero attached hydrogens (tertiary/aromatic N) is 3. The topological polar surface area (TPSA) is 114 Å². The van der Waals surface area contributed by atoms with E-state index in [2.05, 4.69) is 59.0 Å². The van der Waals surface area contributed by atoms with Crippen LogP contribution < -0.4 is 17.2 Å². The zero-order valence-corrected chi connectivity index (χ0v) is 25.5. The van der Waals surface area contributed by atoms with Crippen molar-refractivity contribution >= 4 is 45.8 Å². The smallest absolute Gasteiger partial charge is 0.227 e. The second kappa shape index (κ2) is 14.4. The fourth-order valence-electron chi connectivity index (χ4n) is 5.82. The maximum Gasteiger partial charge on any atom is 0.227 e. The van der Waals surface area contributed by atoms with Crippen molar-refractivity contribution in [1.82, 2.24) is 9.80 Å². The Labute approximate surface area is 253 Å². The van der Waals surface area contributed by atoms with Crippen molar-refractivity contribution in [1.29, 1.82) is 0 Å². The van der Waals surface area contributed by atoms with Crippen LogP contribution in [0.15, 0.2) is 65.7 Å². The van der Waals surface area contributed by atoms with Gasteiger partial charge >= 0.3 is 0 Å². The minimum atomic E-state index is -0.124. The molecule has 1 aliphatic heterocycles. The Balaban J connectivity index is 1.50. The summed E-state index contributed by atoms with van der Waals surface area (Å²) in [4.78, 5) is 22.5. The van der Waals surface area contributed by atoms with Gasteiger partial charge in [0.2, 0.25) is 5.91 Å². The summed E-state index contributed by atoms with van der Waals surface area (Å²) in [6.45, 7) is 7.03. The van der Waals surface area contributed by atoms with Gasteiger partial charge in [-0.3, -0.25) is 14.7 Å². The summed E-state index contributed by atoms with van der Waals surface area (Å²) < 4.78 is 0. The lowest BCUT2D eigenvalue weighted by atomic mass is 9.93. The van der Waals surface area contributed by atoms with E-state index in [0.717, 1.165) is 35.9 Å². The number of hydrogen-bond acceptors (Lipinski definition) is 4. The molecule has 0 radical (unpaired) electrons. The predicted octanol–water partition coefficient (Wildman–Crippen LogP) is 4.85. The molecule has 0 bridgehead atoms. The highest BCUT2D eigenvalue weighted by Gasteiger charge is 2.37. The maximum atomic E-state index is 13.8. The van der Waals surface area contributed by atoms with E-state index in [4.69, 9.17) is 40.4 Å². The fraction of sp³-hybridized carbons (Fsp3) is 0.438. The van der Waals surface area contributed by atoms with Gasteiger partial charge in [-0.05, 0) is 59.2 Å². The van der Waals surface area contributed by atoms with Crippen molar-refractivity contribution in [2.45, 2.75) is 57.7 Å². The van der Waals surface area contributed by atoms with Crippen molar-refractivity contribution < 1.29 is 4.79 Å². The molecule has 1 saturated heterocycles. The Kier molecular flexibility index (Phi) is 10.9. The summed E-state index contributed by atoms with van der Waals surface area (Å²) >= 11 is 12.5. The normalized spacial score (nSPS) is 18.5. The molecule has 7 nitrogen and oxygen atoms in total. The molecule has 9 heteroatoms. The van der Waals surface area contributed by atoms with Gasteiger partial charge in [0.1, 0.15) is 0 Å². The zero-order valence-electron chi connectivity index (χ0n) is 24.0. The highest BCUT2D eigenvalue weighted by Crippen LogP contribution is 2.27. The van der Waals surface area contributed by atoms with E-state index in [1.165, 1.54) is 5.39 Å². The number of carbonyl (C=O) groups is 1. The number of benzene rings is 3. The average Bonchev–Trinajstić information content (AvgIpc) is 2.92. The number of nitrogens with two attached hydrogens (primary N) is 3. The molecular weight excluding hydrogens is 555 g/mol. The van der Waals surface area contributed by atoms with Crippen LogP contribution >= 0.6 is 23.2 Å². The summed E-state index contributed by atoms with van der Waals surface area (Å²) in [5, 5.41) is 3.56. The quantitative estimate of drug-likeness (QED) is 0.166. The lowest BCUT2D eigenvalue weighted by Gasteiger charge is -2.49. The van der Waals surface area contributed by atoms with Gasteiger partial charge in [0.05, 0.1) is 6.42 Å². The van der Waals surface area contributed by atoms with E-state index in [0.29, 0.717) is 48.4 Å². The van der Waals surface area contributed by atoms with Crippen LogP contribution in [-0.2, 0) is 17.6 Å².